The lowest BCUT2D eigenvalue weighted by Crippen LogP contribution is -2.20. The van der Waals surface area contributed by atoms with E-state index in [-0.39, 0.29) is 18.4 Å². The standard InChI is InChI=1S/C29H26F6N2O2/c1-2-11-38-22-15-36-26(37-16-22)10-5-18-4-9-23-21(12-18)8-7-20(27(23)32)6-3-19-13-24(30)28(25(31)14-19)39-17-29(33,34)35/h4,7-9,12-16H,2-3,5-6,10-11,17H2,1H3. The molecular weight excluding hydrogens is 522 g/mol. The highest BCUT2D eigenvalue weighted by Crippen LogP contribution is 2.28. The SMILES string of the molecule is CCCOc1cnc(CCc2ccc3c(F)c(CCc4cc(F)c(OCC(F)(F)F)c(F)c4)ccc3c2)nc1. The third-order valence-corrected chi connectivity index (χ3v) is 6.01. The summed E-state index contributed by atoms with van der Waals surface area (Å²) in [4.78, 5) is 8.64. The summed E-state index contributed by atoms with van der Waals surface area (Å²) in [5.41, 5.74) is 1.52. The van der Waals surface area contributed by atoms with Gasteiger partial charge in [0.1, 0.15) is 11.6 Å². The minimum absolute atomic E-state index is 0.0795. The van der Waals surface area contributed by atoms with Crippen LogP contribution in [-0.2, 0) is 25.7 Å². The number of alkyl halides is 3. The second kappa shape index (κ2) is 12.4. The number of halogens is 6. The fourth-order valence-electron chi connectivity index (χ4n) is 4.09. The van der Waals surface area contributed by atoms with Gasteiger partial charge >= 0.3 is 6.18 Å². The molecule has 206 valence electrons. The molecule has 4 rings (SSSR count). The largest absolute Gasteiger partial charge is 0.490 e. The van der Waals surface area contributed by atoms with E-state index in [2.05, 4.69) is 14.7 Å². The number of ether oxygens (including phenoxy) is 2. The van der Waals surface area contributed by atoms with Crippen LogP contribution < -0.4 is 9.47 Å². The van der Waals surface area contributed by atoms with E-state index in [1.165, 1.54) is 0 Å². The van der Waals surface area contributed by atoms with Crippen LogP contribution in [-0.4, -0.2) is 29.4 Å². The van der Waals surface area contributed by atoms with E-state index in [1.54, 1.807) is 30.6 Å². The minimum atomic E-state index is -4.73. The van der Waals surface area contributed by atoms with Crippen LogP contribution >= 0.6 is 0 Å². The quantitative estimate of drug-likeness (QED) is 0.184. The Balaban J connectivity index is 1.39. The topological polar surface area (TPSA) is 44.2 Å². The number of aryl methyl sites for hydroxylation is 4. The van der Waals surface area contributed by atoms with E-state index in [1.807, 2.05) is 19.1 Å². The molecule has 0 spiro atoms. The van der Waals surface area contributed by atoms with Crippen LogP contribution in [0.25, 0.3) is 10.8 Å². The molecule has 3 aromatic carbocycles. The summed E-state index contributed by atoms with van der Waals surface area (Å²) in [6.07, 6.45) is 0.947. The Morgan fingerprint density at radius 3 is 2.13 bits per heavy atom. The van der Waals surface area contributed by atoms with Gasteiger partial charge in [-0.25, -0.2) is 23.1 Å². The van der Waals surface area contributed by atoms with Crippen LogP contribution in [0, 0.1) is 17.5 Å². The molecular formula is C29H26F6N2O2. The number of nitrogens with zero attached hydrogens (tertiary/aromatic N) is 2. The highest BCUT2D eigenvalue weighted by atomic mass is 19.4. The Morgan fingerprint density at radius 1 is 0.769 bits per heavy atom. The molecule has 4 aromatic rings. The Hall–Kier alpha value is -3.82. The summed E-state index contributed by atoms with van der Waals surface area (Å²) < 4.78 is 90.1. The van der Waals surface area contributed by atoms with Gasteiger partial charge in [0.25, 0.3) is 0 Å². The van der Waals surface area contributed by atoms with E-state index in [0.29, 0.717) is 47.4 Å². The van der Waals surface area contributed by atoms with Gasteiger partial charge in [0.2, 0.25) is 0 Å². The van der Waals surface area contributed by atoms with Crippen molar-refractivity contribution in [3.05, 3.63) is 94.8 Å². The Bertz CT molecular complexity index is 1400. The Morgan fingerprint density at radius 2 is 1.46 bits per heavy atom. The third-order valence-electron chi connectivity index (χ3n) is 6.01. The smallest absolute Gasteiger partial charge is 0.422 e. The van der Waals surface area contributed by atoms with Gasteiger partial charge in [-0.15, -0.1) is 0 Å². The maximum absolute atomic E-state index is 15.2. The van der Waals surface area contributed by atoms with Crippen molar-refractivity contribution >= 4 is 10.8 Å². The van der Waals surface area contributed by atoms with Crippen molar-refractivity contribution in [2.24, 2.45) is 0 Å². The van der Waals surface area contributed by atoms with E-state index >= 15 is 4.39 Å². The lowest BCUT2D eigenvalue weighted by molar-refractivity contribution is -0.154. The molecule has 0 aliphatic carbocycles. The second-order valence-electron chi connectivity index (χ2n) is 9.07. The minimum Gasteiger partial charge on any atom is -0.490 e. The van der Waals surface area contributed by atoms with Crippen molar-refractivity contribution < 1.29 is 35.8 Å². The highest BCUT2D eigenvalue weighted by Gasteiger charge is 2.30. The summed E-state index contributed by atoms with van der Waals surface area (Å²) in [5, 5.41) is 1.12. The van der Waals surface area contributed by atoms with E-state index in [9.17, 15) is 22.0 Å². The van der Waals surface area contributed by atoms with E-state index in [4.69, 9.17) is 4.74 Å². The first-order valence-electron chi connectivity index (χ1n) is 12.4. The van der Waals surface area contributed by atoms with Gasteiger partial charge in [-0.05, 0) is 59.9 Å². The summed E-state index contributed by atoms with van der Waals surface area (Å²) in [7, 11) is 0. The fraction of sp³-hybridized carbons (Fsp3) is 0.310. The van der Waals surface area contributed by atoms with Crippen LogP contribution in [0.3, 0.4) is 0 Å². The molecule has 1 heterocycles. The Kier molecular flexibility index (Phi) is 8.93. The molecule has 0 N–H and O–H groups in total. The zero-order chi connectivity index (χ0) is 28.0. The zero-order valence-electron chi connectivity index (χ0n) is 21.1. The predicted octanol–water partition coefficient (Wildman–Crippen LogP) is 7.35. The Labute approximate surface area is 221 Å². The van der Waals surface area contributed by atoms with Crippen molar-refractivity contribution in [1.82, 2.24) is 9.97 Å². The van der Waals surface area contributed by atoms with E-state index < -0.39 is 36.0 Å². The predicted molar refractivity (Wildman–Crippen MR) is 134 cm³/mol. The van der Waals surface area contributed by atoms with Gasteiger partial charge < -0.3 is 9.47 Å². The molecule has 0 saturated carbocycles. The summed E-state index contributed by atoms with van der Waals surface area (Å²) in [6.45, 7) is 0.813. The number of benzene rings is 3. The average molecular weight is 549 g/mol. The van der Waals surface area contributed by atoms with Gasteiger partial charge in [0.15, 0.2) is 29.7 Å². The molecule has 1 aromatic heterocycles. The monoisotopic (exact) mass is 548 g/mol. The van der Waals surface area contributed by atoms with Crippen molar-refractivity contribution in [2.75, 3.05) is 13.2 Å². The molecule has 0 saturated heterocycles. The number of rotatable bonds is 11. The van der Waals surface area contributed by atoms with Crippen molar-refractivity contribution in [3.63, 3.8) is 0 Å². The van der Waals surface area contributed by atoms with Gasteiger partial charge in [-0.3, -0.25) is 0 Å². The molecule has 0 radical (unpaired) electrons. The molecule has 0 amide bonds. The molecule has 10 heteroatoms. The molecule has 0 atom stereocenters. The molecule has 0 unspecified atom stereocenters. The highest BCUT2D eigenvalue weighted by molar-refractivity contribution is 5.84. The van der Waals surface area contributed by atoms with Gasteiger partial charge in [-0.1, -0.05) is 37.3 Å². The molecule has 4 nitrogen and oxygen atoms in total. The van der Waals surface area contributed by atoms with Gasteiger partial charge in [-0.2, -0.15) is 13.2 Å². The molecule has 0 aliphatic rings. The van der Waals surface area contributed by atoms with Crippen LogP contribution in [0.4, 0.5) is 26.3 Å². The summed E-state index contributed by atoms with van der Waals surface area (Å²) in [6, 6.07) is 10.6. The van der Waals surface area contributed by atoms with Gasteiger partial charge in [0, 0.05) is 11.8 Å². The third kappa shape index (κ3) is 7.61. The lowest BCUT2D eigenvalue weighted by atomic mass is 9.98. The van der Waals surface area contributed by atoms with Crippen LogP contribution in [0.1, 0.15) is 35.9 Å². The maximum atomic E-state index is 15.2. The number of aromatic nitrogens is 2. The molecule has 39 heavy (non-hydrogen) atoms. The van der Waals surface area contributed by atoms with Crippen molar-refractivity contribution in [3.8, 4) is 11.5 Å². The normalized spacial score (nSPS) is 11.7. The lowest BCUT2D eigenvalue weighted by Gasteiger charge is -2.12. The summed E-state index contributed by atoms with van der Waals surface area (Å²) in [5.74, 6) is -2.71. The first-order valence-corrected chi connectivity index (χ1v) is 12.4. The first-order chi connectivity index (χ1) is 18.6. The second-order valence-corrected chi connectivity index (χ2v) is 9.07. The van der Waals surface area contributed by atoms with Crippen LogP contribution in [0.15, 0.2) is 54.9 Å². The van der Waals surface area contributed by atoms with Crippen LogP contribution in [0.2, 0.25) is 0 Å². The zero-order valence-corrected chi connectivity index (χ0v) is 21.1. The molecule has 0 aliphatic heterocycles. The molecule has 0 bridgehead atoms. The number of fused-ring (bicyclic) bond motifs is 1. The van der Waals surface area contributed by atoms with Crippen LogP contribution in [0.5, 0.6) is 11.5 Å². The first kappa shape index (κ1) is 28.2. The number of hydrogen-bond donors (Lipinski definition) is 0. The number of hydrogen-bond acceptors (Lipinski definition) is 4. The van der Waals surface area contributed by atoms with Crippen molar-refractivity contribution in [2.45, 2.75) is 45.2 Å². The summed E-state index contributed by atoms with van der Waals surface area (Å²) >= 11 is 0. The van der Waals surface area contributed by atoms with Crippen molar-refractivity contribution in [1.29, 1.82) is 0 Å². The maximum Gasteiger partial charge on any atom is 0.422 e. The van der Waals surface area contributed by atoms with Gasteiger partial charge in [0.05, 0.1) is 19.0 Å². The average Bonchev–Trinajstić information content (AvgIpc) is 2.90. The fourth-order valence-corrected chi connectivity index (χ4v) is 4.09. The van der Waals surface area contributed by atoms with E-state index in [0.717, 1.165) is 24.1 Å². The molecule has 0 fully saturated rings.